The number of rotatable bonds is 3. The summed E-state index contributed by atoms with van der Waals surface area (Å²) < 4.78 is 6.24. The second-order valence-electron chi connectivity index (χ2n) is 5.11. The highest BCUT2D eigenvalue weighted by Gasteiger charge is 2.17. The first-order valence-electron chi connectivity index (χ1n) is 7.17. The van der Waals surface area contributed by atoms with Gasteiger partial charge in [0.2, 0.25) is 0 Å². The molecule has 0 spiro atoms. The SMILES string of the molecule is CCc1c(OC2CCNCC2)ccc2c[nH+]ccc12. The number of aromatic amines is 1. The van der Waals surface area contributed by atoms with Crippen LogP contribution in [0.4, 0.5) is 0 Å². The highest BCUT2D eigenvalue weighted by atomic mass is 16.5. The molecule has 0 atom stereocenters. The maximum atomic E-state index is 6.24. The summed E-state index contributed by atoms with van der Waals surface area (Å²) in [5, 5.41) is 5.92. The zero-order valence-electron chi connectivity index (χ0n) is 11.4. The molecule has 0 radical (unpaired) electrons. The second kappa shape index (κ2) is 5.57. The number of aryl methyl sites for hydroxylation is 1. The van der Waals surface area contributed by atoms with Gasteiger partial charge in [0.25, 0.3) is 0 Å². The molecule has 100 valence electrons. The molecular weight excluding hydrogens is 236 g/mol. The normalized spacial score (nSPS) is 16.7. The van der Waals surface area contributed by atoms with Crippen LogP contribution in [0.1, 0.15) is 25.3 Å². The molecular formula is C16H21N2O+. The number of H-pyrrole nitrogens is 1. The van der Waals surface area contributed by atoms with Crippen LogP contribution in [0.5, 0.6) is 5.75 Å². The van der Waals surface area contributed by atoms with E-state index in [1.54, 1.807) is 0 Å². The van der Waals surface area contributed by atoms with Gasteiger partial charge in [-0.2, -0.15) is 0 Å². The smallest absolute Gasteiger partial charge is 0.174 e. The topological polar surface area (TPSA) is 35.4 Å². The van der Waals surface area contributed by atoms with Crippen molar-refractivity contribution in [2.75, 3.05) is 13.1 Å². The van der Waals surface area contributed by atoms with E-state index in [1.807, 2.05) is 12.4 Å². The fourth-order valence-corrected chi connectivity index (χ4v) is 2.82. The summed E-state index contributed by atoms with van der Waals surface area (Å²) in [4.78, 5) is 3.14. The van der Waals surface area contributed by atoms with E-state index < -0.39 is 0 Å². The van der Waals surface area contributed by atoms with E-state index in [0.29, 0.717) is 6.10 Å². The van der Waals surface area contributed by atoms with Gasteiger partial charge in [-0.3, -0.25) is 0 Å². The van der Waals surface area contributed by atoms with Crippen LogP contribution < -0.4 is 15.0 Å². The lowest BCUT2D eigenvalue weighted by molar-refractivity contribution is -0.375. The number of aromatic nitrogens is 1. The molecule has 19 heavy (non-hydrogen) atoms. The molecule has 1 aliphatic rings. The molecule has 2 N–H and O–H groups in total. The average molecular weight is 257 g/mol. The Labute approximate surface area is 114 Å². The summed E-state index contributed by atoms with van der Waals surface area (Å²) in [6, 6.07) is 6.40. The highest BCUT2D eigenvalue weighted by molar-refractivity contribution is 5.86. The predicted octanol–water partition coefficient (Wildman–Crippen LogP) is 2.35. The fraction of sp³-hybridized carbons (Fsp3) is 0.438. The molecule has 0 unspecified atom stereocenters. The summed E-state index contributed by atoms with van der Waals surface area (Å²) in [5.41, 5.74) is 1.32. The van der Waals surface area contributed by atoms with Crippen molar-refractivity contribution in [1.82, 2.24) is 5.32 Å². The van der Waals surface area contributed by atoms with Crippen LogP contribution in [0.2, 0.25) is 0 Å². The summed E-state index contributed by atoms with van der Waals surface area (Å²) >= 11 is 0. The highest BCUT2D eigenvalue weighted by Crippen LogP contribution is 2.29. The average Bonchev–Trinajstić information content (AvgIpc) is 2.48. The van der Waals surface area contributed by atoms with E-state index >= 15 is 0 Å². The quantitative estimate of drug-likeness (QED) is 0.916. The van der Waals surface area contributed by atoms with E-state index in [4.69, 9.17) is 4.74 Å². The summed E-state index contributed by atoms with van der Waals surface area (Å²) in [6.45, 7) is 4.32. The largest absolute Gasteiger partial charge is 0.490 e. The summed E-state index contributed by atoms with van der Waals surface area (Å²) in [5.74, 6) is 1.06. The number of hydrogen-bond acceptors (Lipinski definition) is 2. The van der Waals surface area contributed by atoms with Crippen molar-refractivity contribution in [2.24, 2.45) is 0 Å². The minimum absolute atomic E-state index is 0.360. The van der Waals surface area contributed by atoms with Crippen LogP contribution in [0, 0.1) is 0 Å². The lowest BCUT2D eigenvalue weighted by Crippen LogP contribution is -2.34. The van der Waals surface area contributed by atoms with Gasteiger partial charge in [0, 0.05) is 22.4 Å². The van der Waals surface area contributed by atoms with Crippen LogP contribution in [-0.2, 0) is 6.42 Å². The molecule has 1 saturated heterocycles. The van der Waals surface area contributed by atoms with Gasteiger partial charge in [-0.1, -0.05) is 6.92 Å². The van der Waals surface area contributed by atoms with Crippen molar-refractivity contribution in [3.63, 3.8) is 0 Å². The van der Waals surface area contributed by atoms with Crippen LogP contribution in [0.3, 0.4) is 0 Å². The van der Waals surface area contributed by atoms with Crippen molar-refractivity contribution < 1.29 is 9.72 Å². The number of hydrogen-bond donors (Lipinski definition) is 1. The van der Waals surface area contributed by atoms with Gasteiger partial charge in [0.05, 0.1) is 0 Å². The molecule has 0 saturated carbocycles. The molecule has 1 aromatic carbocycles. The number of piperidine rings is 1. The third-order valence-electron chi connectivity index (χ3n) is 3.87. The Morgan fingerprint density at radius 1 is 1.26 bits per heavy atom. The first-order valence-corrected chi connectivity index (χ1v) is 7.17. The van der Waals surface area contributed by atoms with Gasteiger partial charge in [0.15, 0.2) is 12.4 Å². The minimum Gasteiger partial charge on any atom is -0.490 e. The Morgan fingerprint density at radius 2 is 2.11 bits per heavy atom. The molecule has 3 heteroatoms. The van der Waals surface area contributed by atoms with E-state index in [2.05, 4.69) is 35.4 Å². The Hall–Kier alpha value is -1.61. The number of nitrogens with one attached hydrogen (secondary N) is 2. The van der Waals surface area contributed by atoms with Gasteiger partial charge < -0.3 is 10.1 Å². The Kier molecular flexibility index (Phi) is 3.65. The first kappa shape index (κ1) is 12.4. The standard InChI is InChI=1S/C16H20N2O/c1-2-14-15-7-10-18-11-12(15)3-4-16(14)19-13-5-8-17-9-6-13/h3-4,7,10-11,13,17H,2,5-6,8-9H2,1H3/p+1. The van der Waals surface area contributed by atoms with Crippen LogP contribution >= 0.6 is 0 Å². The number of fused-ring (bicyclic) bond motifs is 1. The monoisotopic (exact) mass is 257 g/mol. The van der Waals surface area contributed by atoms with Crippen molar-refractivity contribution in [2.45, 2.75) is 32.3 Å². The van der Waals surface area contributed by atoms with Gasteiger partial charge in [-0.15, -0.1) is 0 Å². The van der Waals surface area contributed by atoms with E-state index in [9.17, 15) is 0 Å². The molecule has 0 amide bonds. The van der Waals surface area contributed by atoms with Crippen molar-refractivity contribution >= 4 is 10.8 Å². The van der Waals surface area contributed by atoms with Crippen LogP contribution in [0.25, 0.3) is 10.8 Å². The van der Waals surface area contributed by atoms with Crippen molar-refractivity contribution in [3.8, 4) is 5.75 Å². The zero-order valence-corrected chi connectivity index (χ0v) is 11.4. The molecule has 3 nitrogen and oxygen atoms in total. The predicted molar refractivity (Wildman–Crippen MR) is 76.4 cm³/mol. The van der Waals surface area contributed by atoms with Crippen molar-refractivity contribution in [1.29, 1.82) is 0 Å². The van der Waals surface area contributed by atoms with Gasteiger partial charge >= 0.3 is 0 Å². The van der Waals surface area contributed by atoms with Gasteiger partial charge in [0.1, 0.15) is 11.9 Å². The van der Waals surface area contributed by atoms with Crippen LogP contribution in [-0.4, -0.2) is 19.2 Å². The van der Waals surface area contributed by atoms with E-state index in [1.165, 1.54) is 16.3 Å². The molecule has 1 aliphatic heterocycles. The zero-order chi connectivity index (χ0) is 13.1. The molecule has 0 bridgehead atoms. The second-order valence-corrected chi connectivity index (χ2v) is 5.11. The first-order chi connectivity index (χ1) is 9.38. The molecule has 3 rings (SSSR count). The molecule has 1 aromatic heterocycles. The van der Waals surface area contributed by atoms with Crippen LogP contribution in [0.15, 0.2) is 30.6 Å². The minimum atomic E-state index is 0.360. The fourth-order valence-electron chi connectivity index (χ4n) is 2.82. The number of benzene rings is 1. The lowest BCUT2D eigenvalue weighted by Gasteiger charge is -2.25. The molecule has 2 heterocycles. The Balaban J connectivity index is 1.93. The molecule has 1 fully saturated rings. The molecule has 0 aliphatic carbocycles. The maximum Gasteiger partial charge on any atom is 0.174 e. The third kappa shape index (κ3) is 2.56. The Bertz CT molecular complexity index is 562. The van der Waals surface area contributed by atoms with E-state index in [0.717, 1.165) is 38.1 Å². The maximum absolute atomic E-state index is 6.24. The molecule has 2 aromatic rings. The lowest BCUT2D eigenvalue weighted by atomic mass is 10.0. The van der Waals surface area contributed by atoms with Gasteiger partial charge in [-0.25, -0.2) is 4.98 Å². The van der Waals surface area contributed by atoms with Gasteiger partial charge in [-0.05, 0) is 44.5 Å². The van der Waals surface area contributed by atoms with Crippen molar-refractivity contribution in [3.05, 3.63) is 36.2 Å². The number of pyridine rings is 1. The Morgan fingerprint density at radius 3 is 2.89 bits per heavy atom. The third-order valence-corrected chi connectivity index (χ3v) is 3.87. The summed E-state index contributed by atoms with van der Waals surface area (Å²) in [7, 11) is 0. The number of ether oxygens (including phenoxy) is 1. The van der Waals surface area contributed by atoms with E-state index in [-0.39, 0.29) is 0 Å². The summed E-state index contributed by atoms with van der Waals surface area (Å²) in [6.07, 6.45) is 7.59.